The molecule has 3 amide bonds. The number of aromatic nitrogens is 4. The van der Waals surface area contributed by atoms with Crippen LogP contribution in [0, 0.1) is 5.92 Å². The van der Waals surface area contributed by atoms with Crippen molar-refractivity contribution in [2.24, 2.45) is 13.0 Å². The first kappa shape index (κ1) is 37.7. The van der Waals surface area contributed by atoms with Crippen molar-refractivity contribution in [3.05, 3.63) is 53.5 Å². The van der Waals surface area contributed by atoms with Crippen molar-refractivity contribution in [1.82, 2.24) is 43.5 Å². The first-order chi connectivity index (χ1) is 26.5. The maximum atomic E-state index is 13.7. The first-order valence-electron chi connectivity index (χ1n) is 19.1. The Morgan fingerprint density at radius 3 is 2.36 bits per heavy atom. The molecule has 1 unspecified atom stereocenters. The Hall–Kier alpha value is -4.26. The Morgan fingerprint density at radius 1 is 0.927 bits per heavy atom. The molecule has 1 aromatic carbocycles. The molecule has 294 valence electrons. The minimum absolute atomic E-state index is 0.0702. The summed E-state index contributed by atoms with van der Waals surface area (Å²) in [7, 11) is 1.65. The maximum Gasteiger partial charge on any atom is 0.419 e. The van der Waals surface area contributed by atoms with Crippen molar-refractivity contribution in [3.8, 4) is 11.3 Å². The number of halogens is 3. The van der Waals surface area contributed by atoms with Crippen LogP contribution in [0.3, 0.4) is 0 Å². The van der Waals surface area contributed by atoms with Gasteiger partial charge in [-0.25, -0.2) is 18.6 Å². The number of carbonyl (C=O) groups is 3. The van der Waals surface area contributed by atoms with E-state index in [-0.39, 0.29) is 41.8 Å². The first-order valence-corrected chi connectivity index (χ1v) is 19.8. The molecule has 2 aromatic heterocycles. The van der Waals surface area contributed by atoms with Gasteiger partial charge in [0.05, 0.1) is 11.9 Å². The molecule has 2 N–H and O–H groups in total. The highest BCUT2D eigenvalue weighted by molar-refractivity contribution is 7.94. The van der Waals surface area contributed by atoms with Gasteiger partial charge in [-0.05, 0) is 61.8 Å². The SMILES string of the molecule is Cn1cc(-c2nc(NC3CCN(SN4CCN(CC5CCN(c6ccc7c(c6)CN(C6CCC(=O)NC6=O)C7=O)CC5)CC4)CC3)ncc2C(F)(F)F)cn1. The monoisotopic (exact) mass is 781 g/mol. The summed E-state index contributed by atoms with van der Waals surface area (Å²) >= 11 is 1.80. The van der Waals surface area contributed by atoms with E-state index in [2.05, 4.69) is 50.2 Å². The van der Waals surface area contributed by atoms with E-state index in [4.69, 9.17) is 0 Å². The second-order valence-corrected chi connectivity index (χ2v) is 16.4. The number of benzene rings is 1. The number of piperidine rings is 3. The van der Waals surface area contributed by atoms with Gasteiger partial charge in [-0.3, -0.25) is 24.4 Å². The molecule has 0 aliphatic carbocycles. The highest BCUT2D eigenvalue weighted by Gasteiger charge is 2.40. The number of hydrogen-bond acceptors (Lipinski definition) is 12. The van der Waals surface area contributed by atoms with E-state index in [1.807, 2.05) is 12.1 Å². The molecule has 3 aromatic rings. The topological polar surface area (TPSA) is 135 Å². The summed E-state index contributed by atoms with van der Waals surface area (Å²) in [5.41, 5.74) is 1.95. The summed E-state index contributed by atoms with van der Waals surface area (Å²) in [4.78, 5) is 52.0. The summed E-state index contributed by atoms with van der Waals surface area (Å²) in [6, 6.07) is 5.48. The molecule has 55 heavy (non-hydrogen) atoms. The molecule has 5 aliphatic heterocycles. The number of alkyl halides is 3. The normalized spacial score (nSPS) is 22.7. The van der Waals surface area contributed by atoms with E-state index < -0.39 is 17.8 Å². The number of carbonyl (C=O) groups excluding carboxylic acids is 3. The van der Waals surface area contributed by atoms with Crippen molar-refractivity contribution in [2.75, 3.05) is 69.1 Å². The molecule has 0 spiro atoms. The van der Waals surface area contributed by atoms with Gasteiger partial charge in [-0.1, -0.05) is 0 Å². The average Bonchev–Trinajstić information content (AvgIpc) is 3.75. The second kappa shape index (κ2) is 15.7. The summed E-state index contributed by atoms with van der Waals surface area (Å²) in [5, 5.41) is 9.66. The lowest BCUT2D eigenvalue weighted by molar-refractivity contribution is -0.138. The second-order valence-electron chi connectivity index (χ2n) is 15.2. The van der Waals surface area contributed by atoms with E-state index in [0.717, 1.165) is 102 Å². The fourth-order valence-electron chi connectivity index (χ4n) is 8.34. The summed E-state index contributed by atoms with van der Waals surface area (Å²) in [6.45, 7) is 9.15. The summed E-state index contributed by atoms with van der Waals surface area (Å²) < 4.78 is 47.4. The predicted octanol–water partition coefficient (Wildman–Crippen LogP) is 3.63. The van der Waals surface area contributed by atoms with Crippen LogP contribution < -0.4 is 15.5 Å². The zero-order valence-corrected chi connectivity index (χ0v) is 31.6. The van der Waals surface area contributed by atoms with Crippen LogP contribution in [0.25, 0.3) is 11.3 Å². The van der Waals surface area contributed by atoms with E-state index in [9.17, 15) is 27.6 Å². The van der Waals surface area contributed by atoms with Gasteiger partial charge in [0.2, 0.25) is 17.8 Å². The van der Waals surface area contributed by atoms with Crippen LogP contribution in [-0.2, 0) is 29.4 Å². The van der Waals surface area contributed by atoms with Crippen molar-refractivity contribution >= 4 is 41.5 Å². The van der Waals surface area contributed by atoms with Crippen molar-refractivity contribution in [2.45, 2.75) is 63.3 Å². The zero-order chi connectivity index (χ0) is 38.3. The Bertz CT molecular complexity index is 1900. The Balaban J connectivity index is 0.749. The molecule has 0 bridgehead atoms. The lowest BCUT2D eigenvalue weighted by atomic mass is 9.95. The zero-order valence-electron chi connectivity index (χ0n) is 30.8. The predicted molar refractivity (Wildman–Crippen MR) is 200 cm³/mol. The minimum atomic E-state index is -4.57. The molecule has 1 atom stereocenters. The number of nitrogens with one attached hydrogen (secondary N) is 2. The number of piperazine rings is 1. The van der Waals surface area contributed by atoms with Crippen molar-refractivity contribution in [1.29, 1.82) is 0 Å². The Labute approximate surface area is 322 Å². The van der Waals surface area contributed by atoms with Gasteiger partial charge < -0.3 is 20.0 Å². The van der Waals surface area contributed by atoms with Gasteiger partial charge in [-0.2, -0.15) is 18.3 Å². The molecular formula is C37H46F3N11O3S. The van der Waals surface area contributed by atoms with Crippen LogP contribution in [0.2, 0.25) is 0 Å². The number of fused-ring (bicyclic) bond motifs is 1. The standard InChI is InChI=1S/C37H46F3N11O3S/c1-46-22-26(19-42-46)33-30(37(38,39)40)20-41-36(45-33)43-27-8-12-49(13-9-27)55-50-16-14-47(15-17-50)21-24-6-10-48(11-7-24)28-2-3-29-25(18-28)23-51(35(29)54)31-4-5-32(52)44-34(31)53/h2-3,18-20,22,24,27,31H,4-17,21,23H2,1H3,(H,41,43,45)(H,44,52,53). The largest absolute Gasteiger partial charge is 0.419 e. The summed E-state index contributed by atoms with van der Waals surface area (Å²) in [5.74, 6) is 0.0158. The number of aryl methyl sites for hydroxylation is 1. The molecule has 7 heterocycles. The molecule has 18 heteroatoms. The number of anilines is 2. The smallest absolute Gasteiger partial charge is 0.372 e. The van der Waals surface area contributed by atoms with E-state index in [1.165, 1.54) is 17.1 Å². The molecule has 14 nitrogen and oxygen atoms in total. The molecular weight excluding hydrogens is 736 g/mol. The van der Waals surface area contributed by atoms with Crippen LogP contribution in [-0.4, -0.2) is 127 Å². The van der Waals surface area contributed by atoms with Gasteiger partial charge in [0.25, 0.3) is 5.91 Å². The molecule has 0 saturated carbocycles. The molecule has 0 radical (unpaired) electrons. The van der Waals surface area contributed by atoms with Crippen molar-refractivity contribution < 1.29 is 27.6 Å². The van der Waals surface area contributed by atoms with Gasteiger partial charge in [0.15, 0.2) is 0 Å². The third kappa shape index (κ3) is 8.46. The number of imide groups is 1. The number of rotatable bonds is 9. The fraction of sp³-hybridized carbons (Fsp3) is 0.568. The third-order valence-electron chi connectivity index (χ3n) is 11.4. The number of amides is 3. The van der Waals surface area contributed by atoms with Crippen LogP contribution in [0.15, 0.2) is 36.8 Å². The molecule has 5 aliphatic rings. The Kier molecular flexibility index (Phi) is 10.8. The number of nitrogens with zero attached hydrogens (tertiary/aromatic N) is 9. The van der Waals surface area contributed by atoms with Gasteiger partial charge >= 0.3 is 6.18 Å². The molecule has 8 rings (SSSR count). The lowest BCUT2D eigenvalue weighted by Crippen LogP contribution is -2.52. The quantitative estimate of drug-likeness (QED) is 0.243. The van der Waals surface area contributed by atoms with E-state index in [0.29, 0.717) is 30.0 Å². The van der Waals surface area contributed by atoms with Crippen LogP contribution in [0.1, 0.15) is 60.0 Å². The Morgan fingerprint density at radius 2 is 1.67 bits per heavy atom. The van der Waals surface area contributed by atoms with Gasteiger partial charge in [-0.15, -0.1) is 0 Å². The maximum absolute atomic E-state index is 13.7. The van der Waals surface area contributed by atoms with Gasteiger partial charge in [0.1, 0.15) is 11.6 Å². The van der Waals surface area contributed by atoms with Crippen molar-refractivity contribution in [3.63, 3.8) is 0 Å². The van der Waals surface area contributed by atoms with Crippen LogP contribution in [0.5, 0.6) is 0 Å². The van der Waals surface area contributed by atoms with Gasteiger partial charge in [0, 0.05) is 126 Å². The average molecular weight is 782 g/mol. The fourth-order valence-corrected chi connectivity index (χ4v) is 9.37. The highest BCUT2D eigenvalue weighted by Crippen LogP contribution is 2.37. The number of hydrogen-bond donors (Lipinski definition) is 2. The molecule has 4 fully saturated rings. The highest BCUT2D eigenvalue weighted by atomic mass is 32.2. The van der Waals surface area contributed by atoms with Crippen LogP contribution >= 0.6 is 12.1 Å². The van der Waals surface area contributed by atoms with Crippen LogP contribution in [0.4, 0.5) is 24.8 Å². The lowest BCUT2D eigenvalue weighted by Gasteiger charge is -2.40. The van der Waals surface area contributed by atoms with E-state index >= 15 is 0 Å². The summed E-state index contributed by atoms with van der Waals surface area (Å²) in [6.07, 6.45) is 3.69. The van der Waals surface area contributed by atoms with E-state index in [1.54, 1.807) is 24.1 Å². The third-order valence-corrected chi connectivity index (χ3v) is 12.6. The minimum Gasteiger partial charge on any atom is -0.372 e. The molecule has 4 saturated heterocycles.